The highest BCUT2D eigenvalue weighted by molar-refractivity contribution is 5.79. The quantitative estimate of drug-likeness (QED) is 0.828. The van der Waals surface area contributed by atoms with Gasteiger partial charge >= 0.3 is 6.03 Å². The Morgan fingerprint density at radius 2 is 1.61 bits per heavy atom. The van der Waals surface area contributed by atoms with Gasteiger partial charge in [0, 0.05) is 37.8 Å². The largest absolute Gasteiger partial charge is 0.350 e. The first kappa shape index (κ1) is 18.0. The Bertz CT molecular complexity index is 405. The molecule has 0 radical (unpaired) electrons. The molecule has 2 aliphatic rings. The van der Waals surface area contributed by atoms with E-state index in [1.807, 2.05) is 25.7 Å². The Morgan fingerprint density at radius 1 is 1.00 bits per heavy atom. The Morgan fingerprint density at radius 3 is 2.17 bits per heavy atom. The molecule has 0 aromatic rings. The van der Waals surface area contributed by atoms with E-state index in [4.69, 9.17) is 0 Å². The minimum atomic E-state index is -0.196. The maximum Gasteiger partial charge on any atom is 0.317 e. The molecule has 2 N–H and O–H groups in total. The van der Waals surface area contributed by atoms with E-state index in [1.54, 1.807) is 0 Å². The van der Waals surface area contributed by atoms with Crippen molar-refractivity contribution >= 4 is 11.9 Å². The van der Waals surface area contributed by atoms with Crippen molar-refractivity contribution in [1.82, 2.24) is 20.4 Å². The van der Waals surface area contributed by atoms with Crippen LogP contribution in [0, 0.1) is 0 Å². The average Bonchev–Trinajstić information content (AvgIpc) is 2.47. The Kier molecular flexibility index (Phi) is 6.27. The number of amides is 3. The van der Waals surface area contributed by atoms with Gasteiger partial charge in [-0.1, -0.05) is 19.3 Å². The molecule has 0 spiro atoms. The van der Waals surface area contributed by atoms with E-state index in [2.05, 4.69) is 15.5 Å². The van der Waals surface area contributed by atoms with Gasteiger partial charge in [-0.15, -0.1) is 0 Å². The molecular formula is C17H32N4O2. The fraction of sp³-hybridized carbons (Fsp3) is 0.882. The summed E-state index contributed by atoms with van der Waals surface area (Å²) in [6, 6.07) is 0.419. The molecule has 1 saturated heterocycles. The average molecular weight is 324 g/mol. The molecule has 0 bridgehead atoms. The summed E-state index contributed by atoms with van der Waals surface area (Å²) in [6.07, 6.45) is 5.96. The summed E-state index contributed by atoms with van der Waals surface area (Å²) in [4.78, 5) is 28.3. The monoisotopic (exact) mass is 324 g/mol. The SMILES string of the molecule is CC(C)(C)NC(=O)CN1CCN(C(=O)NC2CCCCC2)CC1. The number of rotatable bonds is 3. The number of hydrogen-bond acceptors (Lipinski definition) is 3. The lowest BCUT2D eigenvalue weighted by atomic mass is 9.96. The molecule has 0 unspecified atom stereocenters. The molecule has 1 aliphatic carbocycles. The van der Waals surface area contributed by atoms with E-state index in [-0.39, 0.29) is 17.5 Å². The summed E-state index contributed by atoms with van der Waals surface area (Å²) in [7, 11) is 0. The van der Waals surface area contributed by atoms with Crippen molar-refractivity contribution < 1.29 is 9.59 Å². The number of hydrogen-bond donors (Lipinski definition) is 2. The van der Waals surface area contributed by atoms with Crippen LogP contribution in [-0.2, 0) is 4.79 Å². The Balaban J connectivity index is 1.68. The maximum atomic E-state index is 12.3. The van der Waals surface area contributed by atoms with Crippen LogP contribution in [0.4, 0.5) is 4.79 Å². The van der Waals surface area contributed by atoms with Gasteiger partial charge in [-0.25, -0.2) is 4.79 Å². The van der Waals surface area contributed by atoms with E-state index in [0.717, 1.165) is 25.9 Å². The van der Waals surface area contributed by atoms with Gasteiger partial charge in [-0.2, -0.15) is 0 Å². The van der Waals surface area contributed by atoms with Gasteiger partial charge < -0.3 is 15.5 Å². The van der Waals surface area contributed by atoms with Gasteiger partial charge in [0.05, 0.1) is 6.54 Å². The summed E-state index contributed by atoms with van der Waals surface area (Å²) in [6.45, 7) is 9.28. The minimum Gasteiger partial charge on any atom is -0.350 e. The molecule has 132 valence electrons. The van der Waals surface area contributed by atoms with Gasteiger partial charge in [-0.3, -0.25) is 9.69 Å². The second-order valence-electron chi connectivity index (χ2n) is 7.85. The Labute approximate surface area is 140 Å². The lowest BCUT2D eigenvalue weighted by Crippen LogP contribution is -2.55. The minimum absolute atomic E-state index is 0.0533. The second-order valence-corrected chi connectivity index (χ2v) is 7.85. The van der Waals surface area contributed by atoms with Gasteiger partial charge in [0.15, 0.2) is 0 Å². The lowest BCUT2D eigenvalue weighted by molar-refractivity contribution is -0.123. The molecule has 6 nitrogen and oxygen atoms in total. The van der Waals surface area contributed by atoms with Crippen molar-refractivity contribution in [2.24, 2.45) is 0 Å². The van der Waals surface area contributed by atoms with Crippen molar-refractivity contribution in [3.63, 3.8) is 0 Å². The van der Waals surface area contributed by atoms with E-state index < -0.39 is 0 Å². The summed E-state index contributed by atoms with van der Waals surface area (Å²) < 4.78 is 0. The van der Waals surface area contributed by atoms with E-state index >= 15 is 0 Å². The number of carbonyl (C=O) groups excluding carboxylic acids is 2. The van der Waals surface area contributed by atoms with E-state index in [1.165, 1.54) is 19.3 Å². The molecule has 0 aromatic carbocycles. The van der Waals surface area contributed by atoms with Crippen LogP contribution in [0.25, 0.3) is 0 Å². The van der Waals surface area contributed by atoms with Crippen molar-refractivity contribution in [2.45, 2.75) is 64.5 Å². The van der Waals surface area contributed by atoms with Gasteiger partial charge in [0.2, 0.25) is 5.91 Å². The third kappa shape index (κ3) is 6.37. The van der Waals surface area contributed by atoms with Crippen LogP contribution < -0.4 is 10.6 Å². The molecule has 2 rings (SSSR count). The zero-order valence-electron chi connectivity index (χ0n) is 14.9. The molecular weight excluding hydrogens is 292 g/mol. The normalized spacial score (nSPS) is 21.1. The van der Waals surface area contributed by atoms with Crippen LogP contribution in [-0.4, -0.2) is 66.0 Å². The van der Waals surface area contributed by atoms with Crippen molar-refractivity contribution in [1.29, 1.82) is 0 Å². The van der Waals surface area contributed by atoms with Gasteiger partial charge in [0.25, 0.3) is 0 Å². The highest BCUT2D eigenvalue weighted by atomic mass is 16.2. The highest BCUT2D eigenvalue weighted by Crippen LogP contribution is 2.17. The summed E-state index contributed by atoms with van der Waals surface area (Å²) >= 11 is 0. The second kappa shape index (κ2) is 7.99. The number of urea groups is 1. The number of carbonyl (C=O) groups is 2. The van der Waals surface area contributed by atoms with Crippen LogP contribution in [0.2, 0.25) is 0 Å². The summed E-state index contributed by atoms with van der Waals surface area (Å²) in [5.41, 5.74) is -0.196. The number of nitrogens with zero attached hydrogens (tertiary/aromatic N) is 2. The first-order valence-electron chi connectivity index (χ1n) is 8.92. The molecule has 2 fully saturated rings. The van der Waals surface area contributed by atoms with Crippen LogP contribution in [0.1, 0.15) is 52.9 Å². The topological polar surface area (TPSA) is 64.7 Å². The lowest BCUT2D eigenvalue weighted by Gasteiger charge is -2.36. The molecule has 1 saturated carbocycles. The zero-order chi connectivity index (χ0) is 16.9. The standard InChI is InChI=1S/C17H32N4O2/c1-17(2,3)19-15(22)13-20-9-11-21(12-10-20)16(23)18-14-7-5-4-6-8-14/h14H,4-13H2,1-3H3,(H,18,23)(H,19,22). The van der Waals surface area contributed by atoms with Crippen molar-refractivity contribution in [3.8, 4) is 0 Å². The molecule has 1 heterocycles. The van der Waals surface area contributed by atoms with Gasteiger partial charge in [0.1, 0.15) is 0 Å². The predicted octanol–water partition coefficient (Wildman–Crippen LogP) is 1.56. The maximum absolute atomic E-state index is 12.3. The van der Waals surface area contributed by atoms with Crippen molar-refractivity contribution in [2.75, 3.05) is 32.7 Å². The zero-order valence-corrected chi connectivity index (χ0v) is 14.9. The molecule has 1 aliphatic heterocycles. The van der Waals surface area contributed by atoms with Crippen LogP contribution in [0.5, 0.6) is 0 Å². The smallest absolute Gasteiger partial charge is 0.317 e. The summed E-state index contributed by atoms with van der Waals surface area (Å²) in [5.74, 6) is 0.0533. The first-order valence-corrected chi connectivity index (χ1v) is 8.92. The highest BCUT2D eigenvalue weighted by Gasteiger charge is 2.25. The predicted molar refractivity (Wildman–Crippen MR) is 91.3 cm³/mol. The fourth-order valence-corrected chi connectivity index (χ4v) is 3.28. The van der Waals surface area contributed by atoms with E-state index in [9.17, 15) is 9.59 Å². The first-order chi connectivity index (χ1) is 10.8. The Hall–Kier alpha value is -1.30. The molecule has 3 amide bonds. The number of nitrogens with one attached hydrogen (secondary N) is 2. The van der Waals surface area contributed by atoms with Gasteiger partial charge in [-0.05, 0) is 33.6 Å². The molecule has 23 heavy (non-hydrogen) atoms. The molecule has 0 atom stereocenters. The van der Waals surface area contributed by atoms with Crippen molar-refractivity contribution in [3.05, 3.63) is 0 Å². The summed E-state index contributed by atoms with van der Waals surface area (Å²) in [5, 5.41) is 6.15. The molecule has 0 aromatic heterocycles. The van der Waals surface area contributed by atoms with Crippen LogP contribution >= 0.6 is 0 Å². The van der Waals surface area contributed by atoms with E-state index in [0.29, 0.717) is 25.7 Å². The molecule has 6 heteroatoms. The number of piperazine rings is 1. The fourth-order valence-electron chi connectivity index (χ4n) is 3.28. The van der Waals surface area contributed by atoms with Crippen LogP contribution in [0.15, 0.2) is 0 Å². The third-order valence-electron chi connectivity index (χ3n) is 4.47. The van der Waals surface area contributed by atoms with Crippen LogP contribution in [0.3, 0.4) is 0 Å². The third-order valence-corrected chi connectivity index (χ3v) is 4.47.